The summed E-state index contributed by atoms with van der Waals surface area (Å²) in [6.45, 7) is 2.10. The average Bonchev–Trinajstić information content (AvgIpc) is 3.53. The quantitative estimate of drug-likeness (QED) is 0.349. The maximum absolute atomic E-state index is 13.2. The zero-order valence-corrected chi connectivity index (χ0v) is 19.3. The number of carbonyl (C=O) groups is 2. The van der Waals surface area contributed by atoms with E-state index < -0.39 is 17.7 Å². The second-order valence-corrected chi connectivity index (χ2v) is 8.95. The number of furan rings is 1. The highest BCUT2D eigenvalue weighted by molar-refractivity contribution is 6.46. The molecule has 3 aromatic rings. The van der Waals surface area contributed by atoms with E-state index in [0.717, 1.165) is 29.0 Å². The number of carbonyl (C=O) groups excluding carboxylic acids is 2. The third kappa shape index (κ3) is 3.73. The van der Waals surface area contributed by atoms with Crippen LogP contribution in [0.15, 0.2) is 70.9 Å². The van der Waals surface area contributed by atoms with Crippen LogP contribution in [-0.2, 0) is 22.6 Å². The molecule has 0 saturated carbocycles. The lowest BCUT2D eigenvalue weighted by Crippen LogP contribution is -2.29. The number of fused-ring (bicyclic) bond motifs is 1. The SMILES string of the molecule is C[C@@H]1Cc2cc(/C(O)=C3\C(=O)C(=O)N(Cc4ccco4)[C@H]3c3ccc(N(C)C)cc3)ccc2O1. The van der Waals surface area contributed by atoms with Crippen LogP contribution in [0.4, 0.5) is 5.69 Å². The van der Waals surface area contributed by atoms with E-state index in [2.05, 4.69) is 0 Å². The van der Waals surface area contributed by atoms with Gasteiger partial charge >= 0.3 is 0 Å². The molecule has 2 aromatic carbocycles. The Bertz CT molecular complexity index is 1270. The van der Waals surface area contributed by atoms with Gasteiger partial charge in [0.05, 0.1) is 24.4 Å². The number of ketones is 1. The molecule has 1 aromatic heterocycles. The highest BCUT2D eigenvalue weighted by Crippen LogP contribution is 2.41. The number of ether oxygens (including phenoxy) is 1. The van der Waals surface area contributed by atoms with Gasteiger partial charge in [0, 0.05) is 31.8 Å². The molecule has 2 atom stereocenters. The summed E-state index contributed by atoms with van der Waals surface area (Å²) in [7, 11) is 3.88. The van der Waals surface area contributed by atoms with Crippen molar-refractivity contribution in [2.45, 2.75) is 32.0 Å². The van der Waals surface area contributed by atoms with Gasteiger partial charge < -0.3 is 24.1 Å². The Morgan fingerprint density at radius 1 is 1.12 bits per heavy atom. The first-order valence-electron chi connectivity index (χ1n) is 11.2. The average molecular weight is 459 g/mol. The van der Waals surface area contributed by atoms with Crippen molar-refractivity contribution < 1.29 is 23.8 Å². The Balaban J connectivity index is 1.62. The lowest BCUT2D eigenvalue weighted by Gasteiger charge is -2.25. The molecule has 7 heteroatoms. The summed E-state index contributed by atoms with van der Waals surface area (Å²) in [6.07, 6.45) is 2.31. The number of Topliss-reactive ketones (excluding diaryl/α,β-unsaturated/α-hetero) is 1. The highest BCUT2D eigenvalue weighted by Gasteiger charge is 2.46. The molecule has 0 spiro atoms. The Kier molecular flexibility index (Phi) is 5.40. The minimum Gasteiger partial charge on any atom is -0.507 e. The minimum absolute atomic E-state index is 0.0569. The molecule has 1 amide bonds. The lowest BCUT2D eigenvalue weighted by atomic mass is 9.94. The van der Waals surface area contributed by atoms with E-state index in [-0.39, 0.29) is 24.0 Å². The van der Waals surface area contributed by atoms with Crippen molar-refractivity contribution in [3.8, 4) is 5.75 Å². The second kappa shape index (κ2) is 8.41. The van der Waals surface area contributed by atoms with Crippen molar-refractivity contribution in [3.63, 3.8) is 0 Å². The molecule has 1 saturated heterocycles. The molecule has 7 nitrogen and oxygen atoms in total. The Hall–Kier alpha value is -4.00. The Morgan fingerprint density at radius 2 is 1.88 bits per heavy atom. The molecule has 0 unspecified atom stereocenters. The van der Waals surface area contributed by atoms with Crippen molar-refractivity contribution in [1.82, 2.24) is 4.90 Å². The van der Waals surface area contributed by atoms with E-state index in [0.29, 0.717) is 11.3 Å². The number of rotatable bonds is 5. The molecule has 0 radical (unpaired) electrons. The van der Waals surface area contributed by atoms with Crippen molar-refractivity contribution in [2.75, 3.05) is 19.0 Å². The summed E-state index contributed by atoms with van der Waals surface area (Å²) in [6, 6.07) is 15.7. The Morgan fingerprint density at radius 3 is 2.56 bits per heavy atom. The zero-order chi connectivity index (χ0) is 24.0. The smallest absolute Gasteiger partial charge is 0.296 e. The lowest BCUT2D eigenvalue weighted by molar-refractivity contribution is -0.140. The van der Waals surface area contributed by atoms with Gasteiger partial charge in [-0.3, -0.25) is 9.59 Å². The van der Waals surface area contributed by atoms with Crippen LogP contribution in [0.5, 0.6) is 5.75 Å². The summed E-state index contributed by atoms with van der Waals surface area (Å²) in [5.74, 6) is -0.239. The molecule has 34 heavy (non-hydrogen) atoms. The zero-order valence-electron chi connectivity index (χ0n) is 19.3. The fraction of sp³-hybridized carbons (Fsp3) is 0.259. The van der Waals surface area contributed by atoms with Crippen LogP contribution in [-0.4, -0.2) is 41.9 Å². The normalized spacial score (nSPS) is 21.0. The highest BCUT2D eigenvalue weighted by atomic mass is 16.5. The van der Waals surface area contributed by atoms with Gasteiger partial charge in [0.2, 0.25) is 0 Å². The summed E-state index contributed by atoms with van der Waals surface area (Å²) in [5, 5.41) is 11.3. The summed E-state index contributed by atoms with van der Waals surface area (Å²) in [4.78, 5) is 29.8. The van der Waals surface area contributed by atoms with E-state index in [9.17, 15) is 14.7 Å². The molecular weight excluding hydrogens is 432 g/mol. The van der Waals surface area contributed by atoms with Crippen LogP contribution in [0.2, 0.25) is 0 Å². The van der Waals surface area contributed by atoms with Gasteiger partial charge in [0.1, 0.15) is 23.4 Å². The molecule has 0 aliphatic carbocycles. The van der Waals surface area contributed by atoms with Gasteiger partial charge in [-0.15, -0.1) is 0 Å². The van der Waals surface area contributed by atoms with Gasteiger partial charge in [-0.1, -0.05) is 12.1 Å². The molecule has 2 aliphatic heterocycles. The number of benzene rings is 2. The van der Waals surface area contributed by atoms with E-state index in [1.807, 2.05) is 56.3 Å². The van der Waals surface area contributed by atoms with E-state index >= 15 is 0 Å². The van der Waals surface area contributed by atoms with Crippen LogP contribution < -0.4 is 9.64 Å². The van der Waals surface area contributed by atoms with E-state index in [4.69, 9.17) is 9.15 Å². The molecule has 1 N–H and O–H groups in total. The van der Waals surface area contributed by atoms with Gasteiger partial charge in [0.25, 0.3) is 11.7 Å². The number of likely N-dealkylation sites (tertiary alicyclic amines) is 1. The number of aliphatic hydroxyl groups excluding tert-OH is 1. The summed E-state index contributed by atoms with van der Waals surface area (Å²) >= 11 is 0. The van der Waals surface area contributed by atoms with Gasteiger partial charge in [-0.25, -0.2) is 0 Å². The predicted octanol–water partition coefficient (Wildman–Crippen LogP) is 4.29. The first-order chi connectivity index (χ1) is 16.3. The number of amides is 1. The molecule has 1 fully saturated rings. The van der Waals surface area contributed by atoms with Crippen molar-refractivity contribution >= 4 is 23.1 Å². The molecule has 3 heterocycles. The topological polar surface area (TPSA) is 83.2 Å². The first-order valence-corrected chi connectivity index (χ1v) is 11.2. The maximum atomic E-state index is 13.2. The third-order valence-corrected chi connectivity index (χ3v) is 6.34. The number of aliphatic hydroxyl groups is 1. The molecule has 174 valence electrons. The number of anilines is 1. The number of nitrogens with zero attached hydrogens (tertiary/aromatic N) is 2. The van der Waals surface area contributed by atoms with E-state index in [1.54, 1.807) is 24.3 Å². The molecular formula is C27H26N2O5. The largest absolute Gasteiger partial charge is 0.507 e. The molecule has 0 bridgehead atoms. The van der Waals surface area contributed by atoms with Crippen molar-refractivity contribution in [3.05, 3.63) is 88.9 Å². The summed E-state index contributed by atoms with van der Waals surface area (Å²) in [5.41, 5.74) is 3.24. The second-order valence-electron chi connectivity index (χ2n) is 8.95. The van der Waals surface area contributed by atoms with Crippen LogP contribution in [0.1, 0.15) is 35.4 Å². The van der Waals surface area contributed by atoms with Crippen LogP contribution in [0, 0.1) is 0 Å². The standard InChI is InChI=1S/C27H26N2O5/c1-16-13-19-14-18(8-11-22(19)34-16)25(30)23-24(17-6-9-20(10-7-17)28(2)3)29(27(32)26(23)31)15-21-5-4-12-33-21/h4-12,14,16,24,30H,13,15H2,1-3H3/b25-23+/t16-,24+/m1/s1. The monoisotopic (exact) mass is 458 g/mol. The van der Waals surface area contributed by atoms with Crippen molar-refractivity contribution in [1.29, 1.82) is 0 Å². The van der Waals surface area contributed by atoms with Crippen LogP contribution >= 0.6 is 0 Å². The Labute approximate surface area is 197 Å². The van der Waals surface area contributed by atoms with Crippen LogP contribution in [0.25, 0.3) is 5.76 Å². The molecule has 5 rings (SSSR count). The molecule has 2 aliphatic rings. The number of hydrogen-bond donors (Lipinski definition) is 1. The van der Waals surface area contributed by atoms with Crippen LogP contribution in [0.3, 0.4) is 0 Å². The predicted molar refractivity (Wildman–Crippen MR) is 128 cm³/mol. The number of hydrogen-bond acceptors (Lipinski definition) is 6. The van der Waals surface area contributed by atoms with E-state index in [1.165, 1.54) is 11.2 Å². The van der Waals surface area contributed by atoms with Gasteiger partial charge in [-0.05, 0) is 60.5 Å². The summed E-state index contributed by atoms with van der Waals surface area (Å²) < 4.78 is 11.2. The fourth-order valence-corrected chi connectivity index (χ4v) is 4.64. The fourth-order valence-electron chi connectivity index (χ4n) is 4.64. The third-order valence-electron chi connectivity index (χ3n) is 6.34. The first kappa shape index (κ1) is 21.8. The minimum atomic E-state index is -0.746. The maximum Gasteiger partial charge on any atom is 0.296 e. The van der Waals surface area contributed by atoms with Gasteiger partial charge in [-0.2, -0.15) is 0 Å². The van der Waals surface area contributed by atoms with Crippen molar-refractivity contribution in [2.24, 2.45) is 0 Å². The van der Waals surface area contributed by atoms with Gasteiger partial charge in [0.15, 0.2) is 0 Å².